The van der Waals surface area contributed by atoms with Crippen LogP contribution in [0.5, 0.6) is 0 Å². The highest BCUT2D eigenvalue weighted by atomic mass is 35.5. The number of hydrogen-bond acceptors (Lipinski definition) is 4. The third-order valence-electron chi connectivity index (χ3n) is 4.13. The van der Waals surface area contributed by atoms with Crippen LogP contribution in [0.1, 0.15) is 34.4 Å². The molecule has 4 atom stereocenters. The predicted molar refractivity (Wildman–Crippen MR) is 95.6 cm³/mol. The van der Waals surface area contributed by atoms with Crippen molar-refractivity contribution in [1.82, 2.24) is 0 Å². The van der Waals surface area contributed by atoms with E-state index in [0.29, 0.717) is 0 Å². The molecule has 0 unspecified atom stereocenters. The summed E-state index contributed by atoms with van der Waals surface area (Å²) in [5.41, 5.74) is 0. The molecule has 0 aliphatic heterocycles. The Morgan fingerprint density at radius 2 is 1.21 bits per heavy atom. The summed E-state index contributed by atoms with van der Waals surface area (Å²) in [7, 11) is 0. The Balaban J connectivity index is 0.000000141. The van der Waals surface area contributed by atoms with Gasteiger partial charge in [-0.25, -0.2) is 0 Å². The number of carboxylic acids is 2. The smallest absolute Gasteiger partial charge is 0.307 e. The van der Waals surface area contributed by atoms with Crippen molar-refractivity contribution < 1.29 is 19.8 Å². The Morgan fingerprint density at radius 1 is 0.833 bits per heavy atom. The zero-order valence-electron chi connectivity index (χ0n) is 12.3. The van der Waals surface area contributed by atoms with E-state index in [1.807, 2.05) is 24.3 Å². The molecule has 4 nitrogen and oxygen atoms in total. The molecule has 0 bridgehead atoms. The Bertz CT molecular complexity index is 705. The van der Waals surface area contributed by atoms with Gasteiger partial charge in [0.05, 0.1) is 20.5 Å². The van der Waals surface area contributed by atoms with Crippen molar-refractivity contribution in [2.45, 2.75) is 24.7 Å². The van der Waals surface area contributed by atoms with Crippen LogP contribution in [0, 0.1) is 11.8 Å². The fraction of sp³-hybridized carbons (Fsp3) is 0.375. The van der Waals surface area contributed by atoms with Crippen molar-refractivity contribution in [3.63, 3.8) is 0 Å². The lowest BCUT2D eigenvalue weighted by atomic mass is 10.3. The van der Waals surface area contributed by atoms with Gasteiger partial charge in [-0.3, -0.25) is 9.59 Å². The molecule has 2 saturated carbocycles. The summed E-state index contributed by atoms with van der Waals surface area (Å²) >= 11 is 14.4. The largest absolute Gasteiger partial charge is 0.481 e. The molecule has 2 heterocycles. The summed E-state index contributed by atoms with van der Waals surface area (Å²) in [5, 5.41) is 17.3. The highest BCUT2D eigenvalue weighted by molar-refractivity contribution is 7.16. The highest BCUT2D eigenvalue weighted by Gasteiger charge is 2.45. The Labute approximate surface area is 156 Å². The van der Waals surface area contributed by atoms with E-state index in [0.717, 1.165) is 31.3 Å². The van der Waals surface area contributed by atoms with Crippen LogP contribution in [-0.4, -0.2) is 22.2 Å². The zero-order chi connectivity index (χ0) is 17.4. The summed E-state index contributed by atoms with van der Waals surface area (Å²) in [6.45, 7) is 0. The lowest BCUT2D eigenvalue weighted by Gasteiger charge is -1.89. The second-order valence-corrected chi connectivity index (χ2v) is 9.35. The van der Waals surface area contributed by atoms with E-state index in [-0.39, 0.29) is 23.7 Å². The number of thiophene rings is 2. The number of rotatable bonds is 4. The Morgan fingerprint density at radius 3 is 1.42 bits per heavy atom. The van der Waals surface area contributed by atoms with E-state index in [1.165, 1.54) is 22.7 Å². The molecule has 128 valence electrons. The molecule has 0 spiro atoms. The first-order valence-electron chi connectivity index (χ1n) is 7.33. The van der Waals surface area contributed by atoms with E-state index in [9.17, 15) is 9.59 Å². The van der Waals surface area contributed by atoms with Crippen LogP contribution in [0.3, 0.4) is 0 Å². The third-order valence-corrected chi connectivity index (χ3v) is 6.86. The maximum Gasteiger partial charge on any atom is 0.307 e. The van der Waals surface area contributed by atoms with Gasteiger partial charge in [-0.05, 0) is 37.1 Å². The standard InChI is InChI=1S/2C8H7ClO2S/c2*9-7-2-1-6(12-7)4-3-5(4)8(10)11/h2*1-2,4-5H,3H2,(H,10,11)/t2*4-,5-/m10/s1. The van der Waals surface area contributed by atoms with Crippen LogP contribution in [0.4, 0.5) is 0 Å². The van der Waals surface area contributed by atoms with E-state index in [1.54, 1.807) is 0 Å². The first-order chi connectivity index (χ1) is 11.4. The van der Waals surface area contributed by atoms with Crippen LogP contribution < -0.4 is 0 Å². The van der Waals surface area contributed by atoms with E-state index in [2.05, 4.69) is 0 Å². The minimum absolute atomic E-state index is 0.167. The molecular formula is C16H14Cl2O4S2. The normalized spacial score (nSPS) is 27.1. The van der Waals surface area contributed by atoms with Crippen molar-refractivity contribution in [2.75, 3.05) is 0 Å². The van der Waals surface area contributed by atoms with Gasteiger partial charge in [-0.1, -0.05) is 23.2 Å². The van der Waals surface area contributed by atoms with Gasteiger partial charge in [0.1, 0.15) is 0 Å². The second kappa shape index (κ2) is 7.04. The maximum absolute atomic E-state index is 10.5. The molecule has 2 aliphatic carbocycles. The molecular weight excluding hydrogens is 391 g/mol. The summed E-state index contributed by atoms with van der Waals surface area (Å²) in [6, 6.07) is 7.47. The fourth-order valence-corrected chi connectivity index (χ4v) is 5.10. The molecule has 2 N–H and O–H groups in total. The molecule has 4 rings (SSSR count). The molecule has 24 heavy (non-hydrogen) atoms. The van der Waals surface area contributed by atoms with Gasteiger partial charge in [-0.15, -0.1) is 22.7 Å². The second-order valence-electron chi connectivity index (χ2n) is 5.86. The van der Waals surface area contributed by atoms with Crippen LogP contribution >= 0.6 is 45.9 Å². The van der Waals surface area contributed by atoms with E-state index in [4.69, 9.17) is 33.4 Å². The molecule has 0 saturated heterocycles. The van der Waals surface area contributed by atoms with E-state index >= 15 is 0 Å². The quantitative estimate of drug-likeness (QED) is 0.735. The summed E-state index contributed by atoms with van der Waals surface area (Å²) in [5.74, 6) is -1.27. The molecule has 0 amide bonds. The summed E-state index contributed by atoms with van der Waals surface area (Å²) < 4.78 is 1.47. The van der Waals surface area contributed by atoms with Gasteiger partial charge < -0.3 is 10.2 Å². The van der Waals surface area contributed by atoms with Gasteiger partial charge in [0, 0.05) is 21.6 Å². The van der Waals surface area contributed by atoms with Crippen molar-refractivity contribution in [3.8, 4) is 0 Å². The monoisotopic (exact) mass is 404 g/mol. The molecule has 8 heteroatoms. The van der Waals surface area contributed by atoms with Crippen molar-refractivity contribution in [2.24, 2.45) is 11.8 Å². The molecule has 2 aromatic rings. The SMILES string of the molecule is O=C(O)[C@@H]1C[C@H]1c1ccc(Cl)s1.O=C(O)[C@H]1C[C@@H]1c1ccc(Cl)s1. The van der Waals surface area contributed by atoms with Crippen LogP contribution in [0.2, 0.25) is 8.67 Å². The number of aliphatic carboxylic acids is 2. The maximum atomic E-state index is 10.5. The highest BCUT2D eigenvalue weighted by Crippen LogP contribution is 2.51. The van der Waals surface area contributed by atoms with Crippen LogP contribution in [0.15, 0.2) is 24.3 Å². The molecule has 0 radical (unpaired) electrons. The van der Waals surface area contributed by atoms with Crippen LogP contribution in [-0.2, 0) is 9.59 Å². The molecule has 2 fully saturated rings. The number of carbonyl (C=O) groups is 2. The summed E-state index contributed by atoms with van der Waals surface area (Å²) in [6.07, 6.45) is 1.54. The molecule has 2 aromatic heterocycles. The fourth-order valence-electron chi connectivity index (χ4n) is 2.62. The van der Waals surface area contributed by atoms with Gasteiger partial charge in [0.15, 0.2) is 0 Å². The lowest BCUT2D eigenvalue weighted by molar-refractivity contribution is -0.139. The van der Waals surface area contributed by atoms with Crippen molar-refractivity contribution >= 4 is 57.8 Å². The van der Waals surface area contributed by atoms with Gasteiger partial charge in [0.25, 0.3) is 0 Å². The number of halogens is 2. The molecule has 2 aliphatic rings. The van der Waals surface area contributed by atoms with Crippen molar-refractivity contribution in [3.05, 3.63) is 42.7 Å². The first-order valence-corrected chi connectivity index (χ1v) is 9.71. The van der Waals surface area contributed by atoms with Crippen LogP contribution in [0.25, 0.3) is 0 Å². The zero-order valence-corrected chi connectivity index (χ0v) is 15.5. The topological polar surface area (TPSA) is 74.6 Å². The van der Waals surface area contributed by atoms with Gasteiger partial charge in [-0.2, -0.15) is 0 Å². The minimum atomic E-state index is -0.690. The first kappa shape index (κ1) is 17.7. The number of hydrogen-bond donors (Lipinski definition) is 2. The van der Waals surface area contributed by atoms with Crippen molar-refractivity contribution in [1.29, 1.82) is 0 Å². The molecule has 0 aromatic carbocycles. The van der Waals surface area contributed by atoms with Gasteiger partial charge in [0.2, 0.25) is 0 Å². The summed E-state index contributed by atoms with van der Waals surface area (Å²) in [4.78, 5) is 23.3. The lowest BCUT2D eigenvalue weighted by Crippen LogP contribution is -1.97. The average molecular weight is 405 g/mol. The minimum Gasteiger partial charge on any atom is -0.481 e. The van der Waals surface area contributed by atoms with Gasteiger partial charge >= 0.3 is 11.9 Å². The Kier molecular flexibility index (Phi) is 5.20. The average Bonchev–Trinajstić information content (AvgIpc) is 3.41. The third kappa shape index (κ3) is 4.11. The number of carboxylic acid groups (broad SMARTS) is 2. The predicted octanol–water partition coefficient (Wildman–Crippen LogP) is 5.18. The Hall–Kier alpha value is -1.08. The van der Waals surface area contributed by atoms with E-state index < -0.39 is 11.9 Å².